The van der Waals surface area contributed by atoms with Gasteiger partial charge in [-0.1, -0.05) is 48.0 Å². The Kier molecular flexibility index (Phi) is 6.98. The molecule has 1 amide bonds. The number of fused-ring (bicyclic) bond motifs is 1. The summed E-state index contributed by atoms with van der Waals surface area (Å²) in [6.45, 7) is 1.72. The molecule has 0 radical (unpaired) electrons. The van der Waals surface area contributed by atoms with Crippen molar-refractivity contribution in [3.8, 4) is 0 Å². The van der Waals surface area contributed by atoms with Gasteiger partial charge in [-0.05, 0) is 60.9 Å². The number of aryl methyl sites for hydroxylation is 2. The van der Waals surface area contributed by atoms with E-state index in [1.165, 1.54) is 24.0 Å². The van der Waals surface area contributed by atoms with Crippen molar-refractivity contribution < 1.29 is 13.2 Å². The first-order valence-electron chi connectivity index (χ1n) is 9.83. The summed E-state index contributed by atoms with van der Waals surface area (Å²) in [4.78, 5) is 12.6. The summed E-state index contributed by atoms with van der Waals surface area (Å²) in [6.07, 6.45) is 5.71. The van der Waals surface area contributed by atoms with Gasteiger partial charge in [0.1, 0.15) is 0 Å². The minimum absolute atomic E-state index is 0.0547. The molecule has 0 aliphatic heterocycles. The van der Waals surface area contributed by atoms with Gasteiger partial charge in [0.05, 0.1) is 18.8 Å². The second kappa shape index (κ2) is 9.28. The van der Waals surface area contributed by atoms with E-state index in [4.69, 9.17) is 11.6 Å². The second-order valence-electron chi connectivity index (χ2n) is 7.65. The summed E-state index contributed by atoms with van der Waals surface area (Å²) in [5.74, 6) is -0.340. The molecular weight excluding hydrogens is 408 g/mol. The molecule has 29 heavy (non-hydrogen) atoms. The van der Waals surface area contributed by atoms with Crippen LogP contribution < -0.4 is 5.32 Å². The highest BCUT2D eigenvalue weighted by Gasteiger charge is 2.23. The Morgan fingerprint density at radius 2 is 1.83 bits per heavy atom. The number of hydrogen-bond acceptors (Lipinski definition) is 3. The summed E-state index contributed by atoms with van der Waals surface area (Å²) in [7, 11) is -3.57. The van der Waals surface area contributed by atoms with E-state index < -0.39 is 10.0 Å². The van der Waals surface area contributed by atoms with Crippen LogP contribution in [0.1, 0.15) is 48.1 Å². The third-order valence-electron chi connectivity index (χ3n) is 5.34. The molecule has 0 heterocycles. The van der Waals surface area contributed by atoms with E-state index >= 15 is 0 Å². The average Bonchev–Trinajstić information content (AvgIpc) is 2.68. The normalized spacial score (nSPS) is 15.0. The summed E-state index contributed by atoms with van der Waals surface area (Å²) in [5.41, 5.74) is 4.44. The van der Waals surface area contributed by atoms with Crippen LogP contribution in [0, 0.1) is 0 Å². The smallest absolute Gasteiger partial charge is 0.235 e. The molecule has 7 heteroatoms. The van der Waals surface area contributed by atoms with Crippen molar-refractivity contribution in [1.82, 2.24) is 9.62 Å². The van der Waals surface area contributed by atoms with Crippen molar-refractivity contribution in [2.24, 2.45) is 0 Å². The van der Waals surface area contributed by atoms with Crippen molar-refractivity contribution in [2.45, 2.75) is 45.2 Å². The first-order valence-corrected chi connectivity index (χ1v) is 12.1. The molecule has 0 spiro atoms. The molecule has 5 nitrogen and oxygen atoms in total. The zero-order chi connectivity index (χ0) is 21.0. The molecule has 1 aliphatic rings. The van der Waals surface area contributed by atoms with Crippen molar-refractivity contribution in [3.05, 3.63) is 69.7 Å². The largest absolute Gasteiger partial charge is 0.348 e. The number of rotatable bonds is 7. The van der Waals surface area contributed by atoms with Crippen molar-refractivity contribution >= 4 is 27.5 Å². The number of sulfonamides is 1. The number of carbonyl (C=O) groups is 1. The van der Waals surface area contributed by atoms with E-state index in [0.29, 0.717) is 10.6 Å². The highest BCUT2D eigenvalue weighted by atomic mass is 35.5. The first-order chi connectivity index (χ1) is 13.7. The Morgan fingerprint density at radius 1 is 1.14 bits per heavy atom. The van der Waals surface area contributed by atoms with E-state index in [1.807, 2.05) is 13.0 Å². The molecule has 0 aromatic heterocycles. The third-order valence-corrected chi connectivity index (χ3v) is 6.91. The molecule has 0 bridgehead atoms. The lowest BCUT2D eigenvalue weighted by Gasteiger charge is -2.23. The van der Waals surface area contributed by atoms with E-state index in [1.54, 1.807) is 24.3 Å². The van der Waals surface area contributed by atoms with E-state index in [-0.39, 0.29) is 25.0 Å². The minimum atomic E-state index is -3.57. The lowest BCUT2D eigenvalue weighted by molar-refractivity contribution is -0.122. The Morgan fingerprint density at radius 3 is 2.52 bits per heavy atom. The maximum Gasteiger partial charge on any atom is 0.235 e. The molecule has 1 aliphatic carbocycles. The standard InChI is InChI=1S/C22H27ClN2O3S/c1-16(18-12-11-17-7-3-4-8-19(17)13-18)24-22(26)15-25(29(2,27)28)14-20-9-5-6-10-21(20)23/h5-6,9-13,16H,3-4,7-8,14-15H2,1-2H3,(H,24,26)/t16-/m0/s1. The molecule has 2 aromatic carbocycles. The highest BCUT2D eigenvalue weighted by molar-refractivity contribution is 7.88. The van der Waals surface area contributed by atoms with Crippen LogP contribution in [0.4, 0.5) is 0 Å². The van der Waals surface area contributed by atoms with Crippen molar-refractivity contribution in [2.75, 3.05) is 12.8 Å². The molecule has 0 saturated heterocycles. The van der Waals surface area contributed by atoms with Gasteiger partial charge < -0.3 is 5.32 Å². The van der Waals surface area contributed by atoms with Crippen LogP contribution in [0.25, 0.3) is 0 Å². The van der Waals surface area contributed by atoms with Gasteiger partial charge in [-0.25, -0.2) is 8.42 Å². The number of nitrogens with zero attached hydrogens (tertiary/aromatic N) is 1. The van der Waals surface area contributed by atoms with E-state index in [2.05, 4.69) is 17.4 Å². The molecule has 1 atom stereocenters. The number of halogens is 1. The van der Waals surface area contributed by atoms with Crippen LogP contribution in [-0.2, 0) is 34.2 Å². The topological polar surface area (TPSA) is 66.5 Å². The third kappa shape index (κ3) is 5.81. The van der Waals surface area contributed by atoms with Crippen LogP contribution in [0.15, 0.2) is 42.5 Å². The van der Waals surface area contributed by atoms with Crippen molar-refractivity contribution in [3.63, 3.8) is 0 Å². The molecular formula is C22H27ClN2O3S. The zero-order valence-electron chi connectivity index (χ0n) is 16.8. The van der Waals surface area contributed by atoms with Gasteiger partial charge in [-0.15, -0.1) is 0 Å². The number of hydrogen-bond donors (Lipinski definition) is 1. The molecule has 0 unspecified atom stereocenters. The zero-order valence-corrected chi connectivity index (χ0v) is 18.4. The van der Waals surface area contributed by atoms with E-state index in [9.17, 15) is 13.2 Å². The second-order valence-corrected chi connectivity index (χ2v) is 10.0. The molecule has 0 fully saturated rings. The molecule has 3 rings (SSSR count). The summed E-state index contributed by atoms with van der Waals surface area (Å²) in [5, 5.41) is 3.40. The average molecular weight is 435 g/mol. The number of benzene rings is 2. The first kappa shape index (κ1) is 21.8. The number of carbonyl (C=O) groups excluding carboxylic acids is 1. The predicted octanol–water partition coefficient (Wildman–Crippen LogP) is 3.86. The van der Waals surface area contributed by atoms with Gasteiger partial charge in [-0.3, -0.25) is 4.79 Å². The SMILES string of the molecule is C[C@H](NC(=O)CN(Cc1ccccc1Cl)S(C)(=O)=O)c1ccc2c(c1)CCCC2. The Balaban J connectivity index is 1.67. The molecule has 1 N–H and O–H groups in total. The lowest BCUT2D eigenvalue weighted by atomic mass is 9.89. The number of nitrogens with one attached hydrogen (secondary N) is 1. The summed E-state index contributed by atoms with van der Waals surface area (Å²) < 4.78 is 25.5. The predicted molar refractivity (Wildman–Crippen MR) is 116 cm³/mol. The number of amides is 1. The van der Waals surface area contributed by atoms with Crippen LogP contribution >= 0.6 is 11.6 Å². The van der Waals surface area contributed by atoms with Crippen LogP contribution in [0.3, 0.4) is 0 Å². The van der Waals surface area contributed by atoms with Gasteiger partial charge in [0.2, 0.25) is 15.9 Å². The van der Waals surface area contributed by atoms with Gasteiger partial charge in [0.25, 0.3) is 0 Å². The van der Waals surface area contributed by atoms with Gasteiger partial charge in [-0.2, -0.15) is 4.31 Å². The minimum Gasteiger partial charge on any atom is -0.348 e. The van der Waals surface area contributed by atoms with Crippen molar-refractivity contribution in [1.29, 1.82) is 0 Å². The van der Waals surface area contributed by atoms with Crippen LogP contribution in [-0.4, -0.2) is 31.4 Å². The van der Waals surface area contributed by atoms with Gasteiger partial charge in [0, 0.05) is 11.6 Å². The summed E-state index contributed by atoms with van der Waals surface area (Å²) in [6, 6.07) is 13.2. The van der Waals surface area contributed by atoms with Gasteiger partial charge >= 0.3 is 0 Å². The Bertz CT molecular complexity index is 991. The lowest BCUT2D eigenvalue weighted by Crippen LogP contribution is -2.40. The monoisotopic (exact) mass is 434 g/mol. The van der Waals surface area contributed by atoms with E-state index in [0.717, 1.165) is 29.0 Å². The van der Waals surface area contributed by atoms with Crippen LogP contribution in [0.5, 0.6) is 0 Å². The van der Waals surface area contributed by atoms with Crippen LogP contribution in [0.2, 0.25) is 5.02 Å². The molecule has 156 valence electrons. The summed E-state index contributed by atoms with van der Waals surface area (Å²) >= 11 is 6.16. The fourth-order valence-electron chi connectivity index (χ4n) is 3.66. The highest BCUT2D eigenvalue weighted by Crippen LogP contribution is 2.25. The van der Waals surface area contributed by atoms with Gasteiger partial charge in [0.15, 0.2) is 0 Å². The fourth-order valence-corrected chi connectivity index (χ4v) is 4.58. The Hall–Kier alpha value is -1.89. The maximum atomic E-state index is 12.6. The Labute approximate surface area is 178 Å². The quantitative estimate of drug-likeness (QED) is 0.719. The molecule has 2 aromatic rings. The fraction of sp³-hybridized carbons (Fsp3) is 0.409. The maximum absolute atomic E-state index is 12.6. The molecule has 0 saturated carbocycles.